The summed E-state index contributed by atoms with van der Waals surface area (Å²) in [7, 11) is 0. The topological polar surface area (TPSA) is 26.3 Å². The zero-order chi connectivity index (χ0) is 12.5. The summed E-state index contributed by atoms with van der Waals surface area (Å²) >= 11 is 0. The highest BCUT2D eigenvalue weighted by Crippen LogP contribution is 2.49. The Morgan fingerprint density at radius 1 is 1.24 bits per heavy atom. The summed E-state index contributed by atoms with van der Waals surface area (Å²) in [5.74, 6) is 1.60. The molecule has 0 aromatic carbocycles. The third-order valence-electron chi connectivity index (χ3n) is 3.90. The molecule has 5 heteroatoms. The summed E-state index contributed by atoms with van der Waals surface area (Å²) in [5.41, 5.74) is 0. The SMILES string of the molecule is O=C(COCC(F)(F)F)CC1CC2CCC1C2. The number of Topliss-reactive ketones (excluding diaryl/α,β-unsaturated/α-hetero) is 1. The minimum absolute atomic E-state index is 0.188. The van der Waals surface area contributed by atoms with Crippen LogP contribution in [0.2, 0.25) is 0 Å². The van der Waals surface area contributed by atoms with E-state index in [4.69, 9.17) is 0 Å². The number of ether oxygens (including phenoxy) is 1. The van der Waals surface area contributed by atoms with Crippen LogP contribution in [0, 0.1) is 17.8 Å². The van der Waals surface area contributed by atoms with Crippen molar-refractivity contribution in [3.05, 3.63) is 0 Å². The summed E-state index contributed by atoms with van der Waals surface area (Å²) in [6.45, 7) is -1.72. The molecular weight excluding hydrogens is 233 g/mol. The van der Waals surface area contributed by atoms with Crippen LogP contribution in [-0.4, -0.2) is 25.2 Å². The number of carbonyl (C=O) groups excluding carboxylic acids is 1. The maximum absolute atomic E-state index is 11.8. The first kappa shape index (κ1) is 12.9. The van der Waals surface area contributed by atoms with E-state index in [0.717, 1.165) is 12.3 Å². The molecule has 17 heavy (non-hydrogen) atoms. The number of hydrogen-bond donors (Lipinski definition) is 0. The van der Waals surface area contributed by atoms with Crippen LogP contribution in [0.25, 0.3) is 0 Å². The third kappa shape index (κ3) is 3.69. The summed E-state index contributed by atoms with van der Waals surface area (Å²) in [6, 6.07) is 0. The zero-order valence-corrected chi connectivity index (χ0v) is 9.63. The van der Waals surface area contributed by atoms with Gasteiger partial charge in [0.1, 0.15) is 13.2 Å². The van der Waals surface area contributed by atoms with Crippen LogP contribution in [0.4, 0.5) is 13.2 Å². The normalized spacial score (nSPS) is 32.1. The van der Waals surface area contributed by atoms with Crippen molar-refractivity contribution >= 4 is 5.78 Å². The first-order valence-corrected chi connectivity index (χ1v) is 6.10. The van der Waals surface area contributed by atoms with Crippen molar-refractivity contribution in [3.63, 3.8) is 0 Å². The second-order valence-corrected chi connectivity index (χ2v) is 5.29. The Hall–Kier alpha value is -0.580. The van der Waals surface area contributed by atoms with Gasteiger partial charge in [-0.1, -0.05) is 6.42 Å². The lowest BCUT2D eigenvalue weighted by Gasteiger charge is -2.20. The molecule has 0 aromatic heterocycles. The largest absolute Gasteiger partial charge is 0.411 e. The number of hydrogen-bond acceptors (Lipinski definition) is 2. The first-order chi connectivity index (χ1) is 7.94. The van der Waals surface area contributed by atoms with Gasteiger partial charge < -0.3 is 4.74 Å². The molecule has 0 aliphatic heterocycles. The predicted octanol–water partition coefficient (Wildman–Crippen LogP) is 2.96. The second-order valence-electron chi connectivity index (χ2n) is 5.29. The van der Waals surface area contributed by atoms with Gasteiger partial charge in [0.15, 0.2) is 5.78 Å². The molecule has 98 valence electrons. The summed E-state index contributed by atoms with van der Waals surface area (Å²) in [4.78, 5) is 11.5. The predicted molar refractivity (Wildman–Crippen MR) is 55.4 cm³/mol. The number of rotatable bonds is 5. The van der Waals surface area contributed by atoms with Gasteiger partial charge in [-0.3, -0.25) is 4.79 Å². The minimum atomic E-state index is -4.34. The number of halogens is 3. The quantitative estimate of drug-likeness (QED) is 0.749. The Bertz CT molecular complexity index is 288. The van der Waals surface area contributed by atoms with E-state index in [1.165, 1.54) is 19.3 Å². The second kappa shape index (κ2) is 4.96. The van der Waals surface area contributed by atoms with Crippen molar-refractivity contribution in [2.75, 3.05) is 13.2 Å². The lowest BCUT2D eigenvalue weighted by molar-refractivity contribution is -0.175. The van der Waals surface area contributed by atoms with E-state index in [2.05, 4.69) is 4.74 Å². The van der Waals surface area contributed by atoms with Gasteiger partial charge in [-0.05, 0) is 37.0 Å². The molecule has 2 saturated carbocycles. The van der Waals surface area contributed by atoms with Crippen LogP contribution in [0.15, 0.2) is 0 Å². The van der Waals surface area contributed by atoms with E-state index in [0.29, 0.717) is 18.3 Å². The molecule has 2 nitrogen and oxygen atoms in total. The van der Waals surface area contributed by atoms with Gasteiger partial charge in [-0.2, -0.15) is 13.2 Å². The van der Waals surface area contributed by atoms with E-state index >= 15 is 0 Å². The van der Waals surface area contributed by atoms with Gasteiger partial charge in [-0.25, -0.2) is 0 Å². The smallest absolute Gasteiger partial charge is 0.364 e. The maximum Gasteiger partial charge on any atom is 0.411 e. The van der Waals surface area contributed by atoms with Crippen LogP contribution in [-0.2, 0) is 9.53 Å². The van der Waals surface area contributed by atoms with Gasteiger partial charge in [0.25, 0.3) is 0 Å². The van der Waals surface area contributed by atoms with Crippen molar-refractivity contribution in [3.8, 4) is 0 Å². The Morgan fingerprint density at radius 2 is 2.00 bits per heavy atom. The minimum Gasteiger partial charge on any atom is -0.364 e. The van der Waals surface area contributed by atoms with Gasteiger partial charge in [0.2, 0.25) is 0 Å². The average molecular weight is 250 g/mol. The molecule has 0 saturated heterocycles. The molecule has 2 fully saturated rings. The molecule has 0 N–H and O–H groups in total. The molecule has 3 atom stereocenters. The van der Waals surface area contributed by atoms with E-state index in [9.17, 15) is 18.0 Å². The lowest BCUT2D eigenvalue weighted by atomic mass is 9.85. The molecular formula is C12H17F3O2. The number of alkyl halides is 3. The van der Waals surface area contributed by atoms with E-state index in [1.807, 2.05) is 0 Å². The Kier molecular flexibility index (Phi) is 3.76. The fraction of sp³-hybridized carbons (Fsp3) is 0.917. The first-order valence-electron chi connectivity index (χ1n) is 6.10. The highest BCUT2D eigenvalue weighted by molar-refractivity contribution is 5.79. The number of ketones is 1. The summed E-state index contributed by atoms with van der Waals surface area (Å²) < 4.78 is 39.8. The molecule has 2 rings (SSSR count). The van der Waals surface area contributed by atoms with Crippen LogP contribution in [0.3, 0.4) is 0 Å². The van der Waals surface area contributed by atoms with Gasteiger partial charge in [0, 0.05) is 6.42 Å². The molecule has 0 amide bonds. The summed E-state index contributed by atoms with van der Waals surface area (Å²) in [5, 5.41) is 0. The number of carbonyl (C=O) groups is 1. The zero-order valence-electron chi connectivity index (χ0n) is 9.63. The standard InChI is InChI=1S/C12H17F3O2/c13-12(14,15)7-17-6-11(16)5-10-4-8-1-2-9(10)3-8/h8-10H,1-7H2. The molecule has 0 radical (unpaired) electrons. The molecule has 0 spiro atoms. The highest BCUT2D eigenvalue weighted by atomic mass is 19.4. The Morgan fingerprint density at radius 3 is 2.53 bits per heavy atom. The maximum atomic E-state index is 11.8. The van der Waals surface area contributed by atoms with Crippen LogP contribution < -0.4 is 0 Å². The van der Waals surface area contributed by atoms with Crippen LogP contribution >= 0.6 is 0 Å². The van der Waals surface area contributed by atoms with Gasteiger partial charge >= 0.3 is 6.18 Å². The Labute approximate surface area is 98.5 Å². The van der Waals surface area contributed by atoms with Gasteiger partial charge in [-0.15, -0.1) is 0 Å². The van der Waals surface area contributed by atoms with Crippen molar-refractivity contribution in [2.45, 2.75) is 38.3 Å². The van der Waals surface area contributed by atoms with Crippen LogP contribution in [0.1, 0.15) is 32.1 Å². The van der Waals surface area contributed by atoms with Gasteiger partial charge in [0.05, 0.1) is 0 Å². The molecule has 2 aliphatic carbocycles. The molecule has 0 heterocycles. The van der Waals surface area contributed by atoms with E-state index in [-0.39, 0.29) is 5.78 Å². The summed E-state index contributed by atoms with van der Waals surface area (Å²) in [6.07, 6.45) is 0.800. The molecule has 3 unspecified atom stereocenters. The molecule has 2 aliphatic rings. The van der Waals surface area contributed by atoms with Crippen molar-refractivity contribution in [1.29, 1.82) is 0 Å². The van der Waals surface area contributed by atoms with E-state index < -0.39 is 19.4 Å². The third-order valence-corrected chi connectivity index (χ3v) is 3.90. The van der Waals surface area contributed by atoms with Crippen molar-refractivity contribution < 1.29 is 22.7 Å². The number of fused-ring (bicyclic) bond motifs is 2. The Balaban J connectivity index is 1.64. The fourth-order valence-corrected chi connectivity index (χ4v) is 3.26. The fourth-order valence-electron chi connectivity index (χ4n) is 3.26. The average Bonchev–Trinajstić information content (AvgIpc) is 2.76. The monoisotopic (exact) mass is 250 g/mol. The van der Waals surface area contributed by atoms with Crippen molar-refractivity contribution in [2.24, 2.45) is 17.8 Å². The highest BCUT2D eigenvalue weighted by Gasteiger charge is 2.40. The van der Waals surface area contributed by atoms with Crippen LogP contribution in [0.5, 0.6) is 0 Å². The van der Waals surface area contributed by atoms with E-state index in [1.54, 1.807) is 0 Å². The molecule has 2 bridgehead atoms. The van der Waals surface area contributed by atoms with Crippen molar-refractivity contribution in [1.82, 2.24) is 0 Å². The molecule has 0 aromatic rings. The lowest BCUT2D eigenvalue weighted by Crippen LogP contribution is -2.22.